The molecule has 140 valence electrons. The van der Waals surface area contributed by atoms with Crippen LogP contribution in [0.25, 0.3) is 11.4 Å². The topological polar surface area (TPSA) is 70.7 Å². The van der Waals surface area contributed by atoms with Gasteiger partial charge in [-0.3, -0.25) is 4.79 Å². The monoisotopic (exact) mass is 362 g/mol. The van der Waals surface area contributed by atoms with Crippen molar-refractivity contribution in [2.24, 2.45) is 0 Å². The number of benzene rings is 1. The van der Waals surface area contributed by atoms with Crippen LogP contribution in [-0.2, 0) is 11.8 Å². The maximum Gasteiger partial charge on any atom is 0.251 e. The average Bonchev–Trinajstić information content (AvgIpc) is 2.66. The molecule has 0 amide bonds. The molecule has 0 atom stereocenters. The van der Waals surface area contributed by atoms with Crippen LogP contribution in [0.1, 0.15) is 37.6 Å². The smallest absolute Gasteiger partial charge is 0.251 e. The minimum Gasteiger partial charge on any atom is -0.369 e. The summed E-state index contributed by atoms with van der Waals surface area (Å²) < 4.78 is 0. The van der Waals surface area contributed by atoms with E-state index in [0.29, 0.717) is 5.82 Å². The number of aromatic nitrogens is 3. The Bertz CT molecular complexity index is 957. The standard InChI is InChI=1S/C22H26N4O/c1-5-18-12-20(27)26-21(25-18)16-8-11-19(23-13-16)24-14-22(3,4)17-9-6-15(2)7-10-17/h6-13H,5,14H2,1-4H3,(H,23,24)(H,25,26,27). The summed E-state index contributed by atoms with van der Waals surface area (Å²) in [6.07, 6.45) is 2.46. The number of hydrogen-bond acceptors (Lipinski definition) is 4. The fourth-order valence-electron chi connectivity index (χ4n) is 2.88. The number of rotatable bonds is 6. The zero-order chi connectivity index (χ0) is 19.4. The van der Waals surface area contributed by atoms with Gasteiger partial charge in [-0.05, 0) is 31.0 Å². The van der Waals surface area contributed by atoms with Crippen molar-refractivity contribution in [3.05, 3.63) is 75.8 Å². The van der Waals surface area contributed by atoms with Gasteiger partial charge < -0.3 is 10.3 Å². The van der Waals surface area contributed by atoms with Crippen molar-refractivity contribution in [3.8, 4) is 11.4 Å². The Morgan fingerprint density at radius 1 is 1.11 bits per heavy atom. The van der Waals surface area contributed by atoms with Gasteiger partial charge >= 0.3 is 0 Å². The van der Waals surface area contributed by atoms with Gasteiger partial charge in [0.2, 0.25) is 0 Å². The lowest BCUT2D eigenvalue weighted by Crippen LogP contribution is -2.27. The molecule has 0 aliphatic carbocycles. The normalized spacial score (nSPS) is 11.4. The number of nitrogens with one attached hydrogen (secondary N) is 2. The van der Waals surface area contributed by atoms with Crippen LogP contribution in [0.4, 0.5) is 5.82 Å². The predicted octanol–water partition coefficient (Wildman–Crippen LogP) is 4.09. The first-order valence-corrected chi connectivity index (χ1v) is 9.25. The van der Waals surface area contributed by atoms with Crippen molar-refractivity contribution in [2.75, 3.05) is 11.9 Å². The quantitative estimate of drug-likeness (QED) is 0.693. The Hall–Kier alpha value is -2.95. The molecule has 0 radical (unpaired) electrons. The molecule has 0 aliphatic rings. The maximum absolute atomic E-state index is 11.8. The molecule has 2 N–H and O–H groups in total. The van der Waals surface area contributed by atoms with E-state index >= 15 is 0 Å². The largest absolute Gasteiger partial charge is 0.369 e. The van der Waals surface area contributed by atoms with Gasteiger partial charge in [0.05, 0.1) is 0 Å². The first-order chi connectivity index (χ1) is 12.9. The molecule has 0 unspecified atom stereocenters. The number of pyridine rings is 1. The molecule has 2 aromatic heterocycles. The molecule has 2 heterocycles. The van der Waals surface area contributed by atoms with Gasteiger partial charge in [0, 0.05) is 35.5 Å². The van der Waals surface area contributed by atoms with E-state index in [-0.39, 0.29) is 11.0 Å². The summed E-state index contributed by atoms with van der Waals surface area (Å²) in [6, 6.07) is 14.0. The summed E-state index contributed by atoms with van der Waals surface area (Å²) in [6.45, 7) is 9.27. The molecular formula is C22H26N4O. The minimum atomic E-state index is -0.140. The lowest BCUT2D eigenvalue weighted by atomic mass is 9.84. The molecule has 0 saturated carbocycles. The van der Waals surface area contributed by atoms with Crippen molar-refractivity contribution in [2.45, 2.75) is 39.5 Å². The van der Waals surface area contributed by atoms with Gasteiger partial charge in [-0.15, -0.1) is 0 Å². The molecule has 3 rings (SSSR count). The Morgan fingerprint density at radius 2 is 1.85 bits per heavy atom. The second-order valence-corrected chi connectivity index (χ2v) is 7.47. The third-order valence-corrected chi connectivity index (χ3v) is 4.74. The van der Waals surface area contributed by atoms with Gasteiger partial charge in [-0.2, -0.15) is 0 Å². The van der Waals surface area contributed by atoms with Crippen molar-refractivity contribution < 1.29 is 0 Å². The van der Waals surface area contributed by atoms with Crippen LogP contribution in [0.15, 0.2) is 53.5 Å². The lowest BCUT2D eigenvalue weighted by molar-refractivity contribution is 0.556. The molecule has 0 fully saturated rings. The van der Waals surface area contributed by atoms with E-state index in [1.54, 1.807) is 6.20 Å². The first kappa shape index (κ1) is 18.8. The molecular weight excluding hydrogens is 336 g/mol. The van der Waals surface area contributed by atoms with Crippen molar-refractivity contribution >= 4 is 5.82 Å². The summed E-state index contributed by atoms with van der Waals surface area (Å²) in [5, 5.41) is 3.41. The lowest BCUT2D eigenvalue weighted by Gasteiger charge is -2.26. The zero-order valence-electron chi connectivity index (χ0n) is 16.3. The van der Waals surface area contributed by atoms with Gasteiger partial charge in [0.1, 0.15) is 11.6 Å². The highest BCUT2D eigenvalue weighted by Crippen LogP contribution is 2.24. The molecule has 0 bridgehead atoms. The van der Waals surface area contributed by atoms with E-state index in [1.165, 1.54) is 17.2 Å². The predicted molar refractivity (Wildman–Crippen MR) is 110 cm³/mol. The molecule has 1 aromatic carbocycles. The van der Waals surface area contributed by atoms with Crippen LogP contribution in [0.3, 0.4) is 0 Å². The van der Waals surface area contributed by atoms with Crippen LogP contribution in [0, 0.1) is 6.92 Å². The summed E-state index contributed by atoms with van der Waals surface area (Å²) >= 11 is 0. The second-order valence-electron chi connectivity index (χ2n) is 7.47. The Morgan fingerprint density at radius 3 is 2.48 bits per heavy atom. The summed E-state index contributed by atoms with van der Waals surface area (Å²) in [5.74, 6) is 1.35. The van der Waals surface area contributed by atoms with Gasteiger partial charge in [-0.1, -0.05) is 50.6 Å². The molecule has 0 aliphatic heterocycles. The van der Waals surface area contributed by atoms with E-state index in [0.717, 1.165) is 30.0 Å². The first-order valence-electron chi connectivity index (χ1n) is 9.25. The van der Waals surface area contributed by atoms with E-state index in [2.05, 4.69) is 65.3 Å². The second kappa shape index (κ2) is 7.74. The summed E-state index contributed by atoms with van der Waals surface area (Å²) in [5.41, 5.74) is 3.96. The van der Waals surface area contributed by atoms with Gasteiger partial charge in [0.25, 0.3) is 5.56 Å². The van der Waals surface area contributed by atoms with Crippen LogP contribution in [0.2, 0.25) is 0 Å². The highest BCUT2D eigenvalue weighted by molar-refractivity contribution is 5.56. The average molecular weight is 362 g/mol. The SMILES string of the molecule is CCc1cc(=O)[nH]c(-c2ccc(NCC(C)(C)c3ccc(C)cc3)nc2)n1. The third kappa shape index (κ3) is 4.61. The number of hydrogen-bond donors (Lipinski definition) is 2. The molecule has 5 heteroatoms. The number of nitrogens with zero attached hydrogens (tertiary/aromatic N) is 2. The molecule has 0 saturated heterocycles. The minimum absolute atomic E-state index is 0.0176. The zero-order valence-corrected chi connectivity index (χ0v) is 16.3. The highest BCUT2D eigenvalue weighted by atomic mass is 16.1. The Labute approximate surface area is 159 Å². The third-order valence-electron chi connectivity index (χ3n) is 4.74. The van der Waals surface area contributed by atoms with Crippen molar-refractivity contribution in [1.29, 1.82) is 0 Å². The van der Waals surface area contributed by atoms with E-state index < -0.39 is 0 Å². The molecule has 5 nitrogen and oxygen atoms in total. The summed E-state index contributed by atoms with van der Waals surface area (Å²) in [7, 11) is 0. The molecule has 0 spiro atoms. The Balaban J connectivity index is 1.71. The van der Waals surface area contributed by atoms with Crippen molar-refractivity contribution in [3.63, 3.8) is 0 Å². The molecule has 3 aromatic rings. The number of aryl methyl sites for hydroxylation is 2. The summed E-state index contributed by atoms with van der Waals surface area (Å²) in [4.78, 5) is 23.5. The van der Waals surface area contributed by atoms with E-state index in [4.69, 9.17) is 0 Å². The fourth-order valence-corrected chi connectivity index (χ4v) is 2.88. The highest BCUT2D eigenvalue weighted by Gasteiger charge is 2.20. The number of aromatic amines is 1. The van der Waals surface area contributed by atoms with Gasteiger partial charge in [0.15, 0.2) is 0 Å². The van der Waals surface area contributed by atoms with E-state index in [1.807, 2.05) is 19.1 Å². The Kier molecular flexibility index (Phi) is 5.40. The van der Waals surface area contributed by atoms with Crippen LogP contribution < -0.4 is 10.9 Å². The van der Waals surface area contributed by atoms with Gasteiger partial charge in [-0.25, -0.2) is 9.97 Å². The van der Waals surface area contributed by atoms with Crippen LogP contribution in [0.5, 0.6) is 0 Å². The van der Waals surface area contributed by atoms with Crippen LogP contribution in [-0.4, -0.2) is 21.5 Å². The van der Waals surface area contributed by atoms with E-state index in [9.17, 15) is 4.79 Å². The maximum atomic E-state index is 11.8. The number of anilines is 1. The fraction of sp³-hybridized carbons (Fsp3) is 0.318. The van der Waals surface area contributed by atoms with Crippen LogP contribution >= 0.6 is 0 Å². The number of H-pyrrole nitrogens is 1. The van der Waals surface area contributed by atoms with Crippen molar-refractivity contribution in [1.82, 2.24) is 15.0 Å². The molecule has 27 heavy (non-hydrogen) atoms.